The highest BCUT2D eigenvalue weighted by molar-refractivity contribution is 5.96. The quantitative estimate of drug-likeness (QED) is 0.645. The van der Waals surface area contributed by atoms with Gasteiger partial charge in [0, 0.05) is 11.8 Å². The van der Waals surface area contributed by atoms with Gasteiger partial charge in [-0.3, -0.25) is 4.79 Å². The van der Waals surface area contributed by atoms with Gasteiger partial charge in [0.2, 0.25) is 0 Å². The first-order valence-electron chi connectivity index (χ1n) is 5.80. The number of hydrogen-bond donors (Lipinski definition) is 0. The maximum Gasteiger partial charge on any atom is 0.277 e. The van der Waals surface area contributed by atoms with Crippen molar-refractivity contribution in [3.8, 4) is 11.1 Å². The zero-order chi connectivity index (χ0) is 12.4. The molecule has 18 heavy (non-hydrogen) atoms. The monoisotopic (exact) mass is 233 g/mol. The number of nitrogens with zero attached hydrogens (tertiary/aromatic N) is 1. The second-order valence-electron chi connectivity index (χ2n) is 4.08. The Balaban J connectivity index is 2.40. The van der Waals surface area contributed by atoms with Gasteiger partial charge in [0.05, 0.1) is 0 Å². The summed E-state index contributed by atoms with van der Waals surface area (Å²) in [5.41, 5.74) is 1.37. The topological polar surface area (TPSA) is 30.0 Å². The van der Waals surface area contributed by atoms with Crippen LogP contribution in [0.25, 0.3) is 21.9 Å². The average Bonchev–Trinajstić information content (AvgIpc) is 2.63. The first-order valence-corrected chi connectivity index (χ1v) is 5.80. The minimum Gasteiger partial charge on any atom is -0.267 e. The number of benzene rings is 2. The van der Waals surface area contributed by atoms with Crippen LogP contribution in [0.3, 0.4) is 0 Å². The molecule has 1 aromatic heterocycles. The molecule has 3 aromatic rings. The van der Waals surface area contributed by atoms with E-state index in [1.807, 2.05) is 54.6 Å². The van der Waals surface area contributed by atoms with Gasteiger partial charge in [0.1, 0.15) is 0 Å². The van der Waals surface area contributed by atoms with Crippen molar-refractivity contribution in [2.24, 2.45) is 0 Å². The lowest BCUT2D eigenvalue weighted by Gasteiger charge is -2.04. The van der Waals surface area contributed by atoms with E-state index in [-0.39, 0.29) is 5.56 Å². The summed E-state index contributed by atoms with van der Waals surface area (Å²) >= 11 is 0. The van der Waals surface area contributed by atoms with E-state index in [0.29, 0.717) is 5.56 Å². The summed E-state index contributed by atoms with van der Waals surface area (Å²) in [5.74, 6) is 0. The molecule has 0 bridgehead atoms. The minimum atomic E-state index is -0.198. The maximum atomic E-state index is 12.0. The predicted molar refractivity (Wildman–Crippen MR) is 73.4 cm³/mol. The molecule has 0 atom stereocenters. The zero-order valence-electron chi connectivity index (χ0n) is 9.71. The van der Waals surface area contributed by atoms with Gasteiger partial charge in [0.15, 0.2) is 0 Å². The van der Waals surface area contributed by atoms with Gasteiger partial charge >= 0.3 is 0 Å². The maximum absolute atomic E-state index is 12.0. The molecule has 2 heteroatoms. The molecule has 0 saturated heterocycles. The normalized spacial score (nSPS) is 10.4. The third-order valence-electron chi connectivity index (χ3n) is 2.96. The van der Waals surface area contributed by atoms with Crippen molar-refractivity contribution in [1.82, 2.24) is 4.98 Å². The van der Waals surface area contributed by atoms with E-state index < -0.39 is 0 Å². The highest BCUT2D eigenvalue weighted by Gasteiger charge is 2.05. The lowest BCUT2D eigenvalue weighted by Crippen LogP contribution is -2.04. The Hall–Kier alpha value is -2.48. The molecule has 0 fully saturated rings. The number of hydrogen-bond acceptors (Lipinski definition) is 2. The molecule has 2 aromatic carbocycles. The Morgan fingerprint density at radius 2 is 1.44 bits per heavy atom. The Morgan fingerprint density at radius 3 is 2.39 bits per heavy atom. The highest BCUT2D eigenvalue weighted by Crippen LogP contribution is 2.25. The molecular weight excluding hydrogens is 222 g/mol. The van der Waals surface area contributed by atoms with Crippen LogP contribution < -0.4 is 5.56 Å². The third-order valence-corrected chi connectivity index (χ3v) is 2.96. The number of rotatable bonds is 1. The summed E-state index contributed by atoms with van der Waals surface area (Å²) < 4.78 is 0. The van der Waals surface area contributed by atoms with Crippen LogP contribution in [0.5, 0.6) is 0 Å². The van der Waals surface area contributed by atoms with E-state index >= 15 is 0 Å². The smallest absolute Gasteiger partial charge is 0.267 e. The fraction of sp³-hybridized carbons (Fsp3) is 0. The van der Waals surface area contributed by atoms with Crippen molar-refractivity contribution in [2.45, 2.75) is 0 Å². The van der Waals surface area contributed by atoms with Crippen molar-refractivity contribution >= 4 is 10.8 Å². The number of fused-ring (bicyclic) bond motifs is 1. The summed E-state index contributed by atoms with van der Waals surface area (Å²) in [6, 6.07) is 19.4. The van der Waals surface area contributed by atoms with Gasteiger partial charge < -0.3 is 0 Å². The van der Waals surface area contributed by atoms with Crippen molar-refractivity contribution in [2.75, 3.05) is 0 Å². The van der Waals surface area contributed by atoms with E-state index in [1.165, 1.54) is 6.20 Å². The lowest BCUT2D eigenvalue weighted by molar-refractivity contribution is 1.27. The molecule has 0 amide bonds. The van der Waals surface area contributed by atoms with Crippen LogP contribution in [0.15, 0.2) is 71.7 Å². The fourth-order valence-electron chi connectivity index (χ4n) is 2.12. The molecule has 3 rings (SSSR count). The van der Waals surface area contributed by atoms with Crippen LogP contribution >= 0.6 is 0 Å². The average molecular weight is 233 g/mol. The van der Waals surface area contributed by atoms with Crippen LogP contribution in [0.1, 0.15) is 0 Å². The molecule has 0 radical (unpaired) electrons. The van der Waals surface area contributed by atoms with Crippen molar-refractivity contribution in [3.05, 3.63) is 77.2 Å². The summed E-state index contributed by atoms with van der Waals surface area (Å²) in [7, 11) is 0. The van der Waals surface area contributed by atoms with Gasteiger partial charge in [-0.2, -0.15) is 0 Å². The SMILES string of the molecule is O=c1nccccc1-c1cccc2ccccc12. The molecule has 0 unspecified atom stereocenters. The van der Waals surface area contributed by atoms with E-state index in [0.717, 1.165) is 16.3 Å². The van der Waals surface area contributed by atoms with Crippen LogP contribution in [-0.2, 0) is 0 Å². The minimum absolute atomic E-state index is 0.198. The van der Waals surface area contributed by atoms with E-state index in [9.17, 15) is 4.79 Å². The Bertz CT molecular complexity index is 760. The summed E-state index contributed by atoms with van der Waals surface area (Å²) in [6.45, 7) is 0. The Morgan fingerprint density at radius 1 is 0.722 bits per heavy atom. The van der Waals surface area contributed by atoms with Gasteiger partial charge in [0.25, 0.3) is 5.56 Å². The molecule has 0 spiro atoms. The van der Waals surface area contributed by atoms with Crippen LogP contribution in [-0.4, -0.2) is 4.98 Å². The largest absolute Gasteiger partial charge is 0.277 e. The zero-order valence-corrected chi connectivity index (χ0v) is 9.71. The molecule has 86 valence electrons. The van der Waals surface area contributed by atoms with Gasteiger partial charge in [-0.25, -0.2) is 4.98 Å². The van der Waals surface area contributed by atoms with Crippen molar-refractivity contribution in [1.29, 1.82) is 0 Å². The lowest BCUT2D eigenvalue weighted by atomic mass is 10.00. The predicted octanol–water partition coefficient (Wildman–Crippen LogP) is 3.26. The molecule has 2 nitrogen and oxygen atoms in total. The molecule has 0 aliphatic carbocycles. The van der Waals surface area contributed by atoms with E-state index in [1.54, 1.807) is 6.07 Å². The third kappa shape index (κ3) is 1.78. The van der Waals surface area contributed by atoms with Crippen molar-refractivity contribution in [3.63, 3.8) is 0 Å². The van der Waals surface area contributed by atoms with Gasteiger partial charge in [-0.15, -0.1) is 0 Å². The van der Waals surface area contributed by atoms with Gasteiger partial charge in [-0.1, -0.05) is 48.5 Å². The van der Waals surface area contributed by atoms with E-state index in [4.69, 9.17) is 0 Å². The van der Waals surface area contributed by atoms with E-state index in [2.05, 4.69) is 4.98 Å². The molecule has 0 aliphatic heterocycles. The second kappa shape index (κ2) is 4.41. The van der Waals surface area contributed by atoms with Crippen molar-refractivity contribution < 1.29 is 0 Å². The first kappa shape index (κ1) is 10.7. The Kier molecular flexibility index (Phi) is 2.61. The van der Waals surface area contributed by atoms with Crippen LogP contribution in [0.4, 0.5) is 0 Å². The summed E-state index contributed by atoms with van der Waals surface area (Å²) in [5, 5.41) is 2.20. The highest BCUT2D eigenvalue weighted by atomic mass is 16.1. The molecule has 1 heterocycles. The Labute approximate surface area is 105 Å². The molecule has 0 saturated carbocycles. The second-order valence-corrected chi connectivity index (χ2v) is 4.08. The molecule has 0 aliphatic rings. The first-order chi connectivity index (χ1) is 8.86. The molecular formula is C16H11NO. The summed E-state index contributed by atoms with van der Waals surface area (Å²) in [4.78, 5) is 15.8. The summed E-state index contributed by atoms with van der Waals surface area (Å²) in [6.07, 6.45) is 1.52. The standard InChI is InChI=1S/C16H11NO/c18-16-15(9-3-4-11-17-16)14-10-5-7-12-6-1-2-8-13(12)14/h1-11H. The number of aromatic nitrogens is 1. The van der Waals surface area contributed by atoms with Crippen LogP contribution in [0, 0.1) is 0 Å². The van der Waals surface area contributed by atoms with Gasteiger partial charge in [-0.05, 0) is 28.5 Å². The molecule has 0 N–H and O–H groups in total. The van der Waals surface area contributed by atoms with Crippen LogP contribution in [0.2, 0.25) is 0 Å². The fourth-order valence-corrected chi connectivity index (χ4v) is 2.12.